The molecule has 0 saturated carbocycles. The van der Waals surface area contributed by atoms with Crippen LogP contribution in [0.2, 0.25) is 0 Å². The number of aliphatic hydroxyl groups excluding tert-OH is 3. The van der Waals surface area contributed by atoms with Gasteiger partial charge in [0.2, 0.25) is 0 Å². The van der Waals surface area contributed by atoms with E-state index in [1.807, 2.05) is 0 Å². The van der Waals surface area contributed by atoms with Crippen LogP contribution in [-0.2, 0) is 6.18 Å². The van der Waals surface area contributed by atoms with E-state index in [9.17, 15) is 33.3 Å². The lowest BCUT2D eigenvalue weighted by molar-refractivity contribution is -0.137. The summed E-state index contributed by atoms with van der Waals surface area (Å²) in [6, 6.07) is 10.5. The lowest BCUT2D eigenvalue weighted by Crippen LogP contribution is -2.47. The van der Waals surface area contributed by atoms with Crippen molar-refractivity contribution in [2.45, 2.75) is 34.0 Å². The van der Waals surface area contributed by atoms with Gasteiger partial charge in [-0.15, -0.1) is 23.5 Å². The van der Waals surface area contributed by atoms with Crippen molar-refractivity contribution in [3.05, 3.63) is 65.2 Å². The number of halogens is 3. The number of hydrogen-bond donors (Lipinski definition) is 3. The Balaban J connectivity index is 1.68. The van der Waals surface area contributed by atoms with Crippen LogP contribution in [0, 0.1) is 0 Å². The molecule has 0 radical (unpaired) electrons. The number of benzene rings is 2. The minimum atomic E-state index is -4.45. The first kappa shape index (κ1) is 21.2. The quantitative estimate of drug-likeness (QED) is 0.647. The van der Waals surface area contributed by atoms with Gasteiger partial charge in [0, 0.05) is 21.8 Å². The van der Waals surface area contributed by atoms with Gasteiger partial charge < -0.3 is 15.3 Å². The minimum Gasteiger partial charge on any atom is -0.389 e. The number of ketones is 1. The second-order valence-corrected chi connectivity index (χ2v) is 8.98. The van der Waals surface area contributed by atoms with Gasteiger partial charge in [0.1, 0.15) is 12.2 Å². The van der Waals surface area contributed by atoms with Gasteiger partial charge in [-0.3, -0.25) is 4.79 Å². The molecule has 0 bridgehead atoms. The van der Waals surface area contributed by atoms with E-state index < -0.39 is 35.8 Å². The van der Waals surface area contributed by atoms with E-state index in [0.29, 0.717) is 11.3 Å². The molecule has 150 valence electrons. The summed E-state index contributed by atoms with van der Waals surface area (Å²) < 4.78 is 37.5. The molecule has 3 N–H and O–H groups in total. The van der Waals surface area contributed by atoms with Crippen molar-refractivity contribution in [1.82, 2.24) is 0 Å². The molecule has 0 aromatic heterocycles. The number of alkyl halides is 3. The molecular formula is C19H17F3O4S2. The van der Waals surface area contributed by atoms with Crippen molar-refractivity contribution in [3.63, 3.8) is 0 Å². The summed E-state index contributed by atoms with van der Waals surface area (Å²) in [6.45, 7) is 0. The van der Waals surface area contributed by atoms with Crippen LogP contribution >= 0.6 is 23.5 Å². The molecule has 9 heteroatoms. The van der Waals surface area contributed by atoms with Crippen molar-refractivity contribution in [2.24, 2.45) is 0 Å². The summed E-state index contributed by atoms with van der Waals surface area (Å²) in [5.74, 6) is -0.0868. The molecule has 0 aliphatic carbocycles. The average molecular weight is 430 g/mol. The topological polar surface area (TPSA) is 77.8 Å². The largest absolute Gasteiger partial charge is 0.416 e. The first-order chi connectivity index (χ1) is 13.2. The fraction of sp³-hybridized carbons (Fsp3) is 0.316. The van der Waals surface area contributed by atoms with E-state index in [4.69, 9.17) is 0 Å². The first-order valence-electron chi connectivity index (χ1n) is 8.31. The molecule has 0 amide bonds. The van der Waals surface area contributed by atoms with E-state index in [1.54, 1.807) is 24.3 Å². The molecule has 28 heavy (non-hydrogen) atoms. The predicted octanol–water partition coefficient (Wildman–Crippen LogP) is 3.18. The van der Waals surface area contributed by atoms with Crippen LogP contribution in [0.25, 0.3) is 0 Å². The number of carbonyl (C=O) groups excluding carboxylic acids is 1. The van der Waals surface area contributed by atoms with Crippen molar-refractivity contribution >= 4 is 29.3 Å². The molecule has 2 aromatic carbocycles. The smallest absolute Gasteiger partial charge is 0.389 e. The second-order valence-electron chi connectivity index (χ2n) is 6.30. The second kappa shape index (κ2) is 8.46. The molecule has 1 heterocycles. The van der Waals surface area contributed by atoms with Crippen LogP contribution in [0.1, 0.15) is 21.5 Å². The Morgan fingerprint density at radius 1 is 0.929 bits per heavy atom. The van der Waals surface area contributed by atoms with Gasteiger partial charge in [-0.05, 0) is 36.4 Å². The third-order valence-electron chi connectivity index (χ3n) is 4.30. The highest BCUT2D eigenvalue weighted by Crippen LogP contribution is 2.38. The van der Waals surface area contributed by atoms with Crippen molar-refractivity contribution in [1.29, 1.82) is 0 Å². The molecule has 3 rings (SSSR count). The van der Waals surface area contributed by atoms with E-state index in [-0.39, 0.29) is 10.1 Å². The highest BCUT2D eigenvalue weighted by atomic mass is 32.2. The van der Waals surface area contributed by atoms with Crippen molar-refractivity contribution in [2.75, 3.05) is 5.75 Å². The van der Waals surface area contributed by atoms with Gasteiger partial charge in [0.25, 0.3) is 0 Å². The van der Waals surface area contributed by atoms with Gasteiger partial charge in [-0.25, -0.2) is 0 Å². The molecule has 4 nitrogen and oxygen atoms in total. The molecule has 1 fully saturated rings. The molecule has 4 atom stereocenters. The van der Waals surface area contributed by atoms with E-state index in [1.165, 1.54) is 23.5 Å². The molecular weight excluding hydrogens is 413 g/mol. The lowest BCUT2D eigenvalue weighted by Gasteiger charge is -2.34. The third kappa shape index (κ3) is 4.72. The van der Waals surface area contributed by atoms with Gasteiger partial charge in [-0.1, -0.05) is 12.1 Å². The van der Waals surface area contributed by atoms with E-state index in [2.05, 4.69) is 0 Å². The fourth-order valence-corrected chi connectivity index (χ4v) is 5.32. The number of aliphatic hydroxyl groups is 3. The number of hydrogen-bond acceptors (Lipinski definition) is 6. The Labute approximate surface area is 167 Å². The minimum absolute atomic E-state index is 0.156. The maximum absolute atomic E-state index is 12.6. The Morgan fingerprint density at radius 2 is 1.46 bits per heavy atom. The Kier molecular flexibility index (Phi) is 6.41. The molecule has 0 spiro atoms. The monoisotopic (exact) mass is 430 g/mol. The van der Waals surface area contributed by atoms with Crippen molar-refractivity contribution < 1.29 is 33.3 Å². The highest BCUT2D eigenvalue weighted by Gasteiger charge is 2.37. The van der Waals surface area contributed by atoms with Gasteiger partial charge in [0.05, 0.1) is 16.2 Å². The summed E-state index contributed by atoms with van der Waals surface area (Å²) >= 11 is 2.64. The van der Waals surface area contributed by atoms with Crippen LogP contribution in [0.15, 0.2) is 53.4 Å². The van der Waals surface area contributed by atoms with Crippen LogP contribution in [0.4, 0.5) is 13.2 Å². The zero-order valence-electron chi connectivity index (χ0n) is 14.3. The van der Waals surface area contributed by atoms with E-state index in [0.717, 1.165) is 29.2 Å². The molecule has 1 saturated heterocycles. The van der Waals surface area contributed by atoms with Gasteiger partial charge in [-0.2, -0.15) is 13.2 Å². The standard InChI is InChI=1S/C19H17F3O4S2/c20-19(21,22)12-5-1-10(2-6-12)15(24)11-3-7-13(8-4-11)28-18-17(26)16(25)14(23)9-27-18/h1-8,14,16-18,23,25-26H,9H2/t14-,16+,17-,18-/m1/s1. The third-order valence-corrected chi connectivity index (χ3v) is 7.19. The zero-order chi connectivity index (χ0) is 20.5. The maximum atomic E-state index is 12.6. The van der Waals surface area contributed by atoms with Gasteiger partial charge >= 0.3 is 6.18 Å². The average Bonchev–Trinajstić information content (AvgIpc) is 2.68. The maximum Gasteiger partial charge on any atom is 0.416 e. The predicted molar refractivity (Wildman–Crippen MR) is 101 cm³/mol. The molecule has 1 aliphatic rings. The molecule has 0 unspecified atom stereocenters. The lowest BCUT2D eigenvalue weighted by atomic mass is 10.0. The molecule has 2 aromatic rings. The Bertz CT molecular complexity index is 825. The summed E-state index contributed by atoms with van der Waals surface area (Å²) in [5, 5.41) is 29.4. The number of rotatable bonds is 4. The Morgan fingerprint density at radius 3 is 2.00 bits per heavy atom. The summed E-state index contributed by atoms with van der Waals surface area (Å²) in [6.07, 6.45) is -7.72. The molecule has 1 aliphatic heterocycles. The van der Waals surface area contributed by atoms with Crippen LogP contribution < -0.4 is 0 Å². The van der Waals surface area contributed by atoms with Crippen LogP contribution in [0.3, 0.4) is 0 Å². The van der Waals surface area contributed by atoms with Crippen molar-refractivity contribution in [3.8, 4) is 0 Å². The highest BCUT2D eigenvalue weighted by molar-refractivity contribution is 8.17. The SMILES string of the molecule is O=C(c1ccc(S[C@H]2SC[C@@H](O)[C@H](O)[C@H]2O)cc1)c1ccc(C(F)(F)F)cc1. The van der Waals surface area contributed by atoms with Gasteiger partial charge in [0.15, 0.2) is 5.78 Å². The zero-order valence-corrected chi connectivity index (χ0v) is 16.0. The van der Waals surface area contributed by atoms with E-state index >= 15 is 0 Å². The number of carbonyl (C=O) groups is 1. The van der Waals surface area contributed by atoms with Crippen LogP contribution in [-0.4, -0.2) is 49.7 Å². The normalized spacial score (nSPS) is 25.5. The Hall–Kier alpha value is -1.52. The summed E-state index contributed by atoms with van der Waals surface area (Å²) in [7, 11) is 0. The van der Waals surface area contributed by atoms with Crippen LogP contribution in [0.5, 0.6) is 0 Å². The number of thioether (sulfide) groups is 2. The summed E-state index contributed by atoms with van der Waals surface area (Å²) in [4.78, 5) is 13.2. The summed E-state index contributed by atoms with van der Waals surface area (Å²) in [5.41, 5.74) is -0.327. The fourth-order valence-electron chi connectivity index (χ4n) is 2.68. The first-order valence-corrected chi connectivity index (χ1v) is 10.2.